The lowest BCUT2D eigenvalue weighted by Crippen LogP contribution is -2.24. The molecule has 1 saturated heterocycles. The molecule has 1 heterocycles. The third kappa shape index (κ3) is 4.35. The summed E-state index contributed by atoms with van der Waals surface area (Å²) in [5.74, 6) is 0.472. The van der Waals surface area contributed by atoms with Crippen molar-refractivity contribution in [2.75, 3.05) is 23.4 Å². The molecular formula is C20H21ClN2O3. The summed E-state index contributed by atoms with van der Waals surface area (Å²) in [4.78, 5) is 25.6. The van der Waals surface area contributed by atoms with Gasteiger partial charge in [0.25, 0.3) is 5.91 Å². The van der Waals surface area contributed by atoms with Gasteiger partial charge in [-0.3, -0.25) is 9.59 Å². The maximum absolute atomic E-state index is 12.1. The maximum atomic E-state index is 12.1. The van der Waals surface area contributed by atoms with Crippen LogP contribution in [0.15, 0.2) is 42.5 Å². The average molecular weight is 373 g/mol. The molecule has 2 aromatic rings. The van der Waals surface area contributed by atoms with Crippen LogP contribution in [0, 0.1) is 0 Å². The first-order valence-corrected chi connectivity index (χ1v) is 9.06. The van der Waals surface area contributed by atoms with Crippen LogP contribution in [0.1, 0.15) is 25.3 Å². The molecule has 0 aliphatic carbocycles. The molecule has 2 amide bonds. The molecule has 26 heavy (non-hydrogen) atoms. The maximum Gasteiger partial charge on any atom is 0.262 e. The summed E-state index contributed by atoms with van der Waals surface area (Å²) in [7, 11) is 0. The van der Waals surface area contributed by atoms with Gasteiger partial charge in [-0.15, -0.1) is 0 Å². The van der Waals surface area contributed by atoms with E-state index in [1.807, 2.05) is 24.3 Å². The highest BCUT2D eigenvalue weighted by atomic mass is 35.5. The molecule has 6 heteroatoms. The molecule has 0 atom stereocenters. The Kier molecular flexibility index (Phi) is 5.78. The molecule has 3 rings (SSSR count). The Labute approximate surface area is 157 Å². The van der Waals surface area contributed by atoms with Crippen molar-refractivity contribution in [2.45, 2.75) is 26.2 Å². The highest BCUT2D eigenvalue weighted by molar-refractivity contribution is 6.34. The van der Waals surface area contributed by atoms with Crippen molar-refractivity contribution < 1.29 is 14.3 Å². The second-order valence-electron chi connectivity index (χ2n) is 6.15. The minimum Gasteiger partial charge on any atom is -0.484 e. The van der Waals surface area contributed by atoms with Gasteiger partial charge in [-0.05, 0) is 48.7 Å². The van der Waals surface area contributed by atoms with Gasteiger partial charge in [0, 0.05) is 18.7 Å². The SMILES string of the molecule is CCc1cccc(OCC(=O)Nc2ccc(N3CCCC3=O)c(Cl)c2)c1. The highest BCUT2D eigenvalue weighted by Gasteiger charge is 2.23. The molecule has 136 valence electrons. The van der Waals surface area contributed by atoms with Crippen LogP contribution in [0.2, 0.25) is 5.02 Å². The normalized spacial score (nSPS) is 13.8. The van der Waals surface area contributed by atoms with Crippen LogP contribution >= 0.6 is 11.6 Å². The van der Waals surface area contributed by atoms with Gasteiger partial charge in [0.2, 0.25) is 5.91 Å². The summed E-state index contributed by atoms with van der Waals surface area (Å²) in [5.41, 5.74) is 2.41. The predicted molar refractivity (Wildman–Crippen MR) is 103 cm³/mol. The van der Waals surface area contributed by atoms with Crippen LogP contribution in [0.3, 0.4) is 0 Å². The van der Waals surface area contributed by atoms with Gasteiger partial charge < -0.3 is 15.0 Å². The van der Waals surface area contributed by atoms with E-state index in [-0.39, 0.29) is 18.4 Å². The van der Waals surface area contributed by atoms with Crippen molar-refractivity contribution in [3.05, 3.63) is 53.1 Å². The first-order chi connectivity index (χ1) is 12.6. The summed E-state index contributed by atoms with van der Waals surface area (Å²) in [6, 6.07) is 12.8. The number of carbonyl (C=O) groups is 2. The second-order valence-corrected chi connectivity index (χ2v) is 6.56. The minimum absolute atomic E-state index is 0.0754. The zero-order valence-corrected chi connectivity index (χ0v) is 15.4. The number of ether oxygens (including phenoxy) is 1. The molecule has 0 aromatic heterocycles. The third-order valence-corrected chi connectivity index (χ3v) is 4.58. The van der Waals surface area contributed by atoms with Crippen LogP contribution in [-0.2, 0) is 16.0 Å². The molecule has 0 saturated carbocycles. The fourth-order valence-corrected chi connectivity index (χ4v) is 3.19. The van der Waals surface area contributed by atoms with E-state index >= 15 is 0 Å². The zero-order valence-electron chi connectivity index (χ0n) is 14.6. The predicted octanol–water partition coefficient (Wildman–Crippen LogP) is 4.05. The Morgan fingerprint density at radius 2 is 2.12 bits per heavy atom. The van der Waals surface area contributed by atoms with E-state index in [1.54, 1.807) is 23.1 Å². The number of amides is 2. The van der Waals surface area contributed by atoms with Gasteiger partial charge in [0.1, 0.15) is 5.75 Å². The summed E-state index contributed by atoms with van der Waals surface area (Å²) in [6.07, 6.45) is 2.30. The molecule has 0 spiro atoms. The minimum atomic E-state index is -0.270. The molecule has 1 fully saturated rings. The number of rotatable bonds is 6. The van der Waals surface area contributed by atoms with Crippen molar-refractivity contribution in [3.8, 4) is 5.75 Å². The number of nitrogens with one attached hydrogen (secondary N) is 1. The van der Waals surface area contributed by atoms with Gasteiger partial charge >= 0.3 is 0 Å². The molecule has 2 aromatic carbocycles. The van der Waals surface area contributed by atoms with Gasteiger partial charge in [0.05, 0.1) is 10.7 Å². The first kappa shape index (κ1) is 18.3. The van der Waals surface area contributed by atoms with Gasteiger partial charge in [-0.2, -0.15) is 0 Å². The fourth-order valence-electron chi connectivity index (χ4n) is 2.91. The number of aryl methyl sites for hydroxylation is 1. The van der Waals surface area contributed by atoms with Crippen LogP contribution in [0.25, 0.3) is 0 Å². The number of anilines is 2. The standard InChI is InChI=1S/C20H21ClN2O3/c1-2-14-5-3-6-16(11-14)26-13-19(24)22-15-8-9-18(17(21)12-15)23-10-4-7-20(23)25/h3,5-6,8-9,11-12H,2,4,7,10,13H2,1H3,(H,22,24). The molecule has 1 aliphatic heterocycles. The van der Waals surface area contributed by atoms with Crippen LogP contribution in [0.4, 0.5) is 11.4 Å². The first-order valence-electron chi connectivity index (χ1n) is 8.68. The largest absolute Gasteiger partial charge is 0.484 e. The lowest BCUT2D eigenvalue weighted by molar-refractivity contribution is -0.118. The quantitative estimate of drug-likeness (QED) is 0.832. The van der Waals surface area contributed by atoms with Crippen LogP contribution in [0.5, 0.6) is 5.75 Å². The second kappa shape index (κ2) is 8.23. The molecule has 0 unspecified atom stereocenters. The Hall–Kier alpha value is -2.53. The Balaban J connectivity index is 1.59. The third-order valence-electron chi connectivity index (χ3n) is 4.27. The van der Waals surface area contributed by atoms with E-state index in [0.717, 1.165) is 18.4 Å². The molecule has 0 bridgehead atoms. The van der Waals surface area contributed by atoms with E-state index in [0.29, 0.717) is 35.1 Å². The molecule has 1 N–H and O–H groups in total. The van der Waals surface area contributed by atoms with Crippen molar-refractivity contribution in [1.29, 1.82) is 0 Å². The van der Waals surface area contributed by atoms with Crippen molar-refractivity contribution in [3.63, 3.8) is 0 Å². The van der Waals surface area contributed by atoms with E-state index < -0.39 is 0 Å². The molecule has 1 aliphatic rings. The number of benzene rings is 2. The van der Waals surface area contributed by atoms with E-state index in [1.165, 1.54) is 0 Å². The number of hydrogen-bond donors (Lipinski definition) is 1. The number of halogens is 1. The van der Waals surface area contributed by atoms with Gasteiger partial charge in [0.15, 0.2) is 6.61 Å². The van der Waals surface area contributed by atoms with E-state index in [2.05, 4.69) is 12.2 Å². The van der Waals surface area contributed by atoms with Crippen molar-refractivity contribution in [2.24, 2.45) is 0 Å². The number of hydrogen-bond acceptors (Lipinski definition) is 3. The van der Waals surface area contributed by atoms with Gasteiger partial charge in [-0.25, -0.2) is 0 Å². The molecule has 5 nitrogen and oxygen atoms in total. The van der Waals surface area contributed by atoms with Crippen LogP contribution < -0.4 is 15.0 Å². The van der Waals surface area contributed by atoms with Crippen molar-refractivity contribution >= 4 is 34.8 Å². The number of carbonyl (C=O) groups excluding carboxylic acids is 2. The lowest BCUT2D eigenvalue weighted by atomic mass is 10.2. The summed E-state index contributed by atoms with van der Waals surface area (Å²) in [6.45, 7) is 2.65. The summed E-state index contributed by atoms with van der Waals surface area (Å²) < 4.78 is 5.53. The molecule has 0 radical (unpaired) electrons. The smallest absolute Gasteiger partial charge is 0.262 e. The fraction of sp³-hybridized carbons (Fsp3) is 0.300. The topological polar surface area (TPSA) is 58.6 Å². The summed E-state index contributed by atoms with van der Waals surface area (Å²) >= 11 is 6.29. The molecular weight excluding hydrogens is 352 g/mol. The van der Waals surface area contributed by atoms with Crippen molar-refractivity contribution in [1.82, 2.24) is 0 Å². The highest BCUT2D eigenvalue weighted by Crippen LogP contribution is 2.31. The Morgan fingerprint density at radius 1 is 1.27 bits per heavy atom. The lowest BCUT2D eigenvalue weighted by Gasteiger charge is -2.18. The van der Waals surface area contributed by atoms with Gasteiger partial charge in [-0.1, -0.05) is 30.7 Å². The van der Waals surface area contributed by atoms with E-state index in [4.69, 9.17) is 16.3 Å². The Bertz CT molecular complexity index is 822. The monoisotopic (exact) mass is 372 g/mol. The van der Waals surface area contributed by atoms with E-state index in [9.17, 15) is 9.59 Å². The zero-order chi connectivity index (χ0) is 18.5. The number of nitrogens with zero attached hydrogens (tertiary/aromatic N) is 1. The Morgan fingerprint density at radius 3 is 2.81 bits per heavy atom. The average Bonchev–Trinajstić information content (AvgIpc) is 3.06. The van der Waals surface area contributed by atoms with Crippen LogP contribution in [-0.4, -0.2) is 25.0 Å². The summed E-state index contributed by atoms with van der Waals surface area (Å²) in [5, 5.41) is 3.20.